The van der Waals surface area contributed by atoms with Crippen LogP contribution >= 0.6 is 0 Å². The molecule has 0 fully saturated rings. The van der Waals surface area contributed by atoms with Crippen molar-refractivity contribution < 1.29 is 18.4 Å². The maximum atomic E-state index is 13.8. The first kappa shape index (κ1) is 13.5. The Labute approximate surface area is 98.6 Å². The van der Waals surface area contributed by atoms with Gasteiger partial charge in [-0.3, -0.25) is 9.59 Å². The molecule has 0 aromatic heterocycles. The van der Waals surface area contributed by atoms with Crippen LogP contribution in [0.5, 0.6) is 0 Å². The molecule has 0 unspecified atom stereocenters. The minimum absolute atomic E-state index is 0.114. The summed E-state index contributed by atoms with van der Waals surface area (Å²) >= 11 is 0. The Kier molecular flexibility index (Phi) is 3.45. The van der Waals surface area contributed by atoms with E-state index in [1.165, 1.54) is 6.92 Å². The highest BCUT2D eigenvalue weighted by Crippen LogP contribution is 2.33. The largest absolute Gasteiger partial charge is 0.298 e. The molecule has 2 nitrogen and oxygen atoms in total. The first-order chi connectivity index (χ1) is 7.75. The predicted molar refractivity (Wildman–Crippen MR) is 60.6 cm³/mol. The summed E-state index contributed by atoms with van der Waals surface area (Å²) in [4.78, 5) is 21.9. The molecule has 0 saturated heterocycles. The number of aldehydes is 2. The maximum absolute atomic E-state index is 13.8. The van der Waals surface area contributed by atoms with E-state index < -0.39 is 17.0 Å². The van der Waals surface area contributed by atoms with Gasteiger partial charge in [0.1, 0.15) is 11.6 Å². The normalized spacial score (nSPS) is 11.4. The number of benzene rings is 1. The first-order valence-corrected chi connectivity index (χ1v) is 5.18. The zero-order valence-corrected chi connectivity index (χ0v) is 10.2. The Hall–Kier alpha value is -1.58. The summed E-state index contributed by atoms with van der Waals surface area (Å²) in [7, 11) is 0. The van der Waals surface area contributed by atoms with Crippen molar-refractivity contribution in [1.82, 2.24) is 0 Å². The molecule has 0 saturated carbocycles. The van der Waals surface area contributed by atoms with Gasteiger partial charge in [-0.2, -0.15) is 0 Å². The predicted octanol–water partition coefficient (Wildman–Crippen LogP) is 3.20. The van der Waals surface area contributed by atoms with Gasteiger partial charge in [-0.15, -0.1) is 0 Å². The highest BCUT2D eigenvalue weighted by Gasteiger charge is 2.28. The summed E-state index contributed by atoms with van der Waals surface area (Å²) in [5.41, 5.74) is -1.36. The molecule has 0 aliphatic heterocycles. The minimum Gasteiger partial charge on any atom is -0.298 e. The third kappa shape index (κ3) is 2.12. The van der Waals surface area contributed by atoms with E-state index in [-0.39, 0.29) is 22.3 Å². The molecular formula is C13H14F2O2. The fraction of sp³-hybridized carbons (Fsp3) is 0.385. The van der Waals surface area contributed by atoms with Crippen molar-refractivity contribution in [3.63, 3.8) is 0 Å². The molecular weight excluding hydrogens is 226 g/mol. The van der Waals surface area contributed by atoms with Crippen LogP contribution in [0.3, 0.4) is 0 Å². The second-order valence-electron chi connectivity index (χ2n) is 4.94. The summed E-state index contributed by atoms with van der Waals surface area (Å²) in [5, 5.41) is 0. The van der Waals surface area contributed by atoms with E-state index in [2.05, 4.69) is 0 Å². The third-order valence-electron chi connectivity index (χ3n) is 2.66. The third-order valence-corrected chi connectivity index (χ3v) is 2.66. The van der Waals surface area contributed by atoms with Crippen molar-refractivity contribution in [2.75, 3.05) is 0 Å². The summed E-state index contributed by atoms with van der Waals surface area (Å²) in [6.07, 6.45) is 0.657. The van der Waals surface area contributed by atoms with Gasteiger partial charge in [-0.25, -0.2) is 8.78 Å². The van der Waals surface area contributed by atoms with E-state index in [4.69, 9.17) is 0 Å². The molecule has 1 rings (SSSR count). The zero-order valence-electron chi connectivity index (χ0n) is 10.2. The monoisotopic (exact) mass is 240 g/mol. The highest BCUT2D eigenvalue weighted by molar-refractivity contribution is 5.88. The van der Waals surface area contributed by atoms with Crippen molar-refractivity contribution in [2.45, 2.75) is 33.1 Å². The quantitative estimate of drug-likeness (QED) is 0.744. The molecule has 0 radical (unpaired) electrons. The van der Waals surface area contributed by atoms with E-state index in [1.54, 1.807) is 20.8 Å². The van der Waals surface area contributed by atoms with Crippen LogP contribution in [0.1, 0.15) is 52.6 Å². The van der Waals surface area contributed by atoms with E-state index >= 15 is 0 Å². The van der Waals surface area contributed by atoms with Crippen LogP contribution in [0.15, 0.2) is 0 Å². The van der Waals surface area contributed by atoms with Gasteiger partial charge < -0.3 is 0 Å². The van der Waals surface area contributed by atoms with Gasteiger partial charge in [-0.1, -0.05) is 20.8 Å². The number of carbonyl (C=O) groups excluding carboxylic acids is 2. The Morgan fingerprint density at radius 2 is 1.29 bits per heavy atom. The Balaban J connectivity index is 3.89. The molecule has 0 heterocycles. The fourth-order valence-electron chi connectivity index (χ4n) is 1.89. The molecule has 4 heteroatoms. The van der Waals surface area contributed by atoms with Gasteiger partial charge in [0, 0.05) is 5.56 Å². The lowest BCUT2D eigenvalue weighted by molar-refractivity contribution is 0.111. The number of hydrogen-bond donors (Lipinski definition) is 0. The van der Waals surface area contributed by atoms with Gasteiger partial charge >= 0.3 is 0 Å². The fourth-order valence-corrected chi connectivity index (χ4v) is 1.89. The van der Waals surface area contributed by atoms with Crippen LogP contribution in [-0.2, 0) is 5.41 Å². The SMILES string of the molecule is Cc1c(F)c(C=O)c(C(C)(C)C)c(C=O)c1F. The molecule has 0 amide bonds. The number of rotatable bonds is 2. The molecule has 0 spiro atoms. The first-order valence-electron chi connectivity index (χ1n) is 5.18. The highest BCUT2D eigenvalue weighted by atomic mass is 19.1. The van der Waals surface area contributed by atoms with E-state index in [9.17, 15) is 18.4 Å². The molecule has 0 bridgehead atoms. The summed E-state index contributed by atoms with van der Waals surface area (Å²) in [5.74, 6) is -1.79. The Morgan fingerprint density at radius 1 is 0.941 bits per heavy atom. The van der Waals surface area contributed by atoms with Crippen LogP contribution in [0.4, 0.5) is 8.78 Å². The molecule has 0 aliphatic carbocycles. The molecule has 1 aromatic rings. The van der Waals surface area contributed by atoms with Gasteiger partial charge in [0.25, 0.3) is 0 Å². The van der Waals surface area contributed by atoms with Crippen molar-refractivity contribution in [3.8, 4) is 0 Å². The van der Waals surface area contributed by atoms with Gasteiger partial charge in [-0.05, 0) is 17.9 Å². The lowest BCUT2D eigenvalue weighted by Gasteiger charge is -2.24. The Bertz CT molecular complexity index is 450. The van der Waals surface area contributed by atoms with Crippen LogP contribution in [0.2, 0.25) is 0 Å². The minimum atomic E-state index is -0.895. The van der Waals surface area contributed by atoms with Crippen LogP contribution in [0.25, 0.3) is 0 Å². The zero-order chi connectivity index (χ0) is 13.4. The van der Waals surface area contributed by atoms with Gasteiger partial charge in [0.05, 0.1) is 11.1 Å². The van der Waals surface area contributed by atoms with E-state index in [0.717, 1.165) is 0 Å². The van der Waals surface area contributed by atoms with E-state index in [0.29, 0.717) is 12.6 Å². The number of carbonyl (C=O) groups is 2. The van der Waals surface area contributed by atoms with Crippen molar-refractivity contribution >= 4 is 12.6 Å². The summed E-state index contributed by atoms with van der Waals surface area (Å²) in [6, 6.07) is 0. The molecule has 0 N–H and O–H groups in total. The number of hydrogen-bond acceptors (Lipinski definition) is 2. The Morgan fingerprint density at radius 3 is 1.53 bits per heavy atom. The van der Waals surface area contributed by atoms with Crippen molar-refractivity contribution in [2.24, 2.45) is 0 Å². The average Bonchev–Trinajstić information content (AvgIpc) is 2.24. The molecule has 92 valence electrons. The standard InChI is InChI=1S/C13H14F2O2/c1-7-11(14)8(5-16)10(13(2,3)4)9(6-17)12(7)15/h5-6H,1-4H3. The molecule has 1 aromatic carbocycles. The lowest BCUT2D eigenvalue weighted by atomic mass is 9.80. The second kappa shape index (κ2) is 4.35. The smallest absolute Gasteiger partial charge is 0.153 e. The summed E-state index contributed by atoms with van der Waals surface area (Å²) in [6.45, 7) is 6.28. The van der Waals surface area contributed by atoms with Crippen LogP contribution in [-0.4, -0.2) is 12.6 Å². The molecule has 0 aliphatic rings. The van der Waals surface area contributed by atoms with Gasteiger partial charge in [0.2, 0.25) is 0 Å². The summed E-state index contributed by atoms with van der Waals surface area (Å²) < 4.78 is 27.6. The van der Waals surface area contributed by atoms with E-state index in [1.807, 2.05) is 0 Å². The molecule has 0 atom stereocenters. The van der Waals surface area contributed by atoms with Crippen LogP contribution in [0, 0.1) is 18.6 Å². The topological polar surface area (TPSA) is 34.1 Å². The second-order valence-corrected chi connectivity index (χ2v) is 4.94. The maximum Gasteiger partial charge on any atom is 0.153 e. The van der Waals surface area contributed by atoms with Crippen molar-refractivity contribution in [3.05, 3.63) is 33.9 Å². The molecule has 17 heavy (non-hydrogen) atoms. The van der Waals surface area contributed by atoms with Crippen molar-refractivity contribution in [1.29, 1.82) is 0 Å². The van der Waals surface area contributed by atoms with Gasteiger partial charge in [0.15, 0.2) is 12.6 Å². The number of halogens is 2. The average molecular weight is 240 g/mol. The lowest BCUT2D eigenvalue weighted by Crippen LogP contribution is -2.20. The van der Waals surface area contributed by atoms with Crippen LogP contribution < -0.4 is 0 Å².